The molecule has 0 heterocycles. The number of halogens is 2. The molecule has 0 radical (unpaired) electrons. The lowest BCUT2D eigenvalue weighted by atomic mass is 10.1. The van der Waals surface area contributed by atoms with E-state index in [1.807, 2.05) is 6.92 Å². The normalized spacial score (nSPS) is 11.4. The molecule has 4 nitrogen and oxygen atoms in total. The molecule has 0 amide bonds. The molecule has 1 aromatic rings. The Morgan fingerprint density at radius 1 is 1.42 bits per heavy atom. The molecule has 0 fully saturated rings. The molecule has 0 atom stereocenters. The van der Waals surface area contributed by atoms with E-state index in [1.165, 1.54) is 6.07 Å². The predicted molar refractivity (Wildman–Crippen MR) is 77.1 cm³/mol. The quantitative estimate of drug-likeness (QED) is 0.451. The van der Waals surface area contributed by atoms with E-state index in [0.717, 1.165) is 12.8 Å². The molecule has 0 aromatic heterocycles. The second-order valence-corrected chi connectivity index (χ2v) is 7.36. The first-order chi connectivity index (χ1) is 8.77. The summed E-state index contributed by atoms with van der Waals surface area (Å²) in [4.78, 5) is 11.7. The average Bonchev–Trinajstić information content (AvgIpc) is 2.31. The van der Waals surface area contributed by atoms with Crippen molar-refractivity contribution >= 4 is 41.6 Å². The van der Waals surface area contributed by atoms with Gasteiger partial charge < -0.3 is 4.74 Å². The van der Waals surface area contributed by atoms with Gasteiger partial charge in [-0.1, -0.05) is 13.3 Å². The Morgan fingerprint density at radius 3 is 2.58 bits per heavy atom. The van der Waals surface area contributed by atoms with Crippen molar-refractivity contribution < 1.29 is 17.9 Å². The van der Waals surface area contributed by atoms with E-state index in [9.17, 15) is 13.2 Å². The van der Waals surface area contributed by atoms with Crippen molar-refractivity contribution in [2.45, 2.75) is 31.6 Å². The maximum atomic E-state index is 11.8. The minimum Gasteiger partial charge on any atom is -0.462 e. The Bertz CT molecular complexity index is 584. The molecule has 0 aliphatic carbocycles. The van der Waals surface area contributed by atoms with Crippen LogP contribution in [0.5, 0.6) is 0 Å². The van der Waals surface area contributed by atoms with Crippen molar-refractivity contribution in [3.05, 3.63) is 27.7 Å². The van der Waals surface area contributed by atoms with Crippen molar-refractivity contribution in [1.29, 1.82) is 0 Å². The van der Waals surface area contributed by atoms with E-state index >= 15 is 0 Å². The fourth-order valence-corrected chi connectivity index (χ4v) is 3.58. The molecular weight excluding hydrogens is 356 g/mol. The molecule has 0 unspecified atom stereocenters. The summed E-state index contributed by atoms with van der Waals surface area (Å²) in [7, 11) is 1.41. The molecule has 1 rings (SSSR count). The van der Waals surface area contributed by atoms with Gasteiger partial charge in [-0.3, -0.25) is 0 Å². The van der Waals surface area contributed by atoms with Gasteiger partial charge in [0.25, 0.3) is 9.05 Å². The topological polar surface area (TPSA) is 60.4 Å². The first kappa shape index (κ1) is 16.5. The lowest BCUT2D eigenvalue weighted by Crippen LogP contribution is -2.08. The van der Waals surface area contributed by atoms with Gasteiger partial charge in [0.05, 0.1) is 17.1 Å². The summed E-state index contributed by atoms with van der Waals surface area (Å²) in [6.45, 7) is 3.97. The molecule has 0 aliphatic heterocycles. The second-order valence-electron chi connectivity index (χ2n) is 4.03. The first-order valence-corrected chi connectivity index (χ1v) is 8.79. The summed E-state index contributed by atoms with van der Waals surface area (Å²) >= 11 is 3.15. The molecule has 19 heavy (non-hydrogen) atoms. The maximum Gasteiger partial charge on any atom is 0.338 e. The van der Waals surface area contributed by atoms with Gasteiger partial charge in [-0.2, -0.15) is 0 Å². The number of carbonyl (C=O) groups is 1. The molecule has 0 saturated carbocycles. The molecule has 0 saturated heterocycles. The van der Waals surface area contributed by atoms with Gasteiger partial charge in [-0.15, -0.1) is 0 Å². The lowest BCUT2D eigenvalue weighted by molar-refractivity contribution is 0.0499. The fourth-order valence-electron chi connectivity index (χ4n) is 1.43. The van der Waals surface area contributed by atoms with Gasteiger partial charge in [0.1, 0.15) is 0 Å². The Hall–Kier alpha value is -0.590. The van der Waals surface area contributed by atoms with Crippen molar-refractivity contribution in [3.8, 4) is 0 Å². The third-order valence-corrected chi connectivity index (χ3v) is 5.11. The van der Waals surface area contributed by atoms with E-state index in [0.29, 0.717) is 16.6 Å². The van der Waals surface area contributed by atoms with Crippen molar-refractivity contribution in [2.24, 2.45) is 0 Å². The zero-order valence-corrected chi connectivity index (χ0v) is 13.7. The van der Waals surface area contributed by atoms with Gasteiger partial charge in [-0.05, 0) is 47.0 Å². The fraction of sp³-hybridized carbons (Fsp3) is 0.417. The summed E-state index contributed by atoms with van der Waals surface area (Å²) in [5.74, 6) is -0.550. The monoisotopic (exact) mass is 368 g/mol. The third kappa shape index (κ3) is 4.47. The number of esters is 1. The number of benzene rings is 1. The summed E-state index contributed by atoms with van der Waals surface area (Å²) in [6, 6.07) is 2.78. The van der Waals surface area contributed by atoms with Gasteiger partial charge in [0.15, 0.2) is 0 Å². The molecule has 0 bridgehead atoms. The van der Waals surface area contributed by atoms with Crippen molar-refractivity contribution in [2.75, 3.05) is 6.61 Å². The number of rotatable bonds is 5. The highest BCUT2D eigenvalue weighted by atomic mass is 79.9. The van der Waals surface area contributed by atoms with Crippen LogP contribution < -0.4 is 0 Å². The Balaban J connectivity index is 3.11. The Labute approximate surface area is 125 Å². The number of unbranched alkanes of at least 4 members (excludes halogenated alkanes) is 1. The van der Waals surface area contributed by atoms with E-state index in [4.69, 9.17) is 15.4 Å². The summed E-state index contributed by atoms with van der Waals surface area (Å²) in [5, 5.41) is 0. The van der Waals surface area contributed by atoms with Crippen molar-refractivity contribution in [3.63, 3.8) is 0 Å². The van der Waals surface area contributed by atoms with Crippen LogP contribution >= 0.6 is 26.6 Å². The molecule has 7 heteroatoms. The molecule has 106 valence electrons. The van der Waals surface area contributed by atoms with Crippen LogP contribution in [0.1, 0.15) is 35.7 Å². The van der Waals surface area contributed by atoms with Crippen LogP contribution in [0, 0.1) is 6.92 Å². The van der Waals surface area contributed by atoms with E-state index in [-0.39, 0.29) is 10.5 Å². The standard InChI is InChI=1S/C12H14BrClO4S/c1-3-4-5-18-12(15)9-6-8(2)11(13)10(7-9)19(14,16)17/h6-7H,3-5H2,1-2H3. The Kier molecular flexibility index (Phi) is 5.82. The smallest absolute Gasteiger partial charge is 0.338 e. The molecule has 0 N–H and O–H groups in total. The number of hydrogen-bond acceptors (Lipinski definition) is 4. The zero-order valence-electron chi connectivity index (χ0n) is 10.6. The van der Waals surface area contributed by atoms with Crippen LogP contribution in [-0.4, -0.2) is 21.0 Å². The van der Waals surface area contributed by atoms with Gasteiger partial charge in [0, 0.05) is 15.2 Å². The largest absolute Gasteiger partial charge is 0.462 e. The third-order valence-electron chi connectivity index (χ3n) is 2.45. The molecule has 1 aromatic carbocycles. The lowest BCUT2D eigenvalue weighted by Gasteiger charge is -2.09. The highest BCUT2D eigenvalue weighted by Gasteiger charge is 2.20. The van der Waals surface area contributed by atoms with Crippen LogP contribution in [0.15, 0.2) is 21.5 Å². The van der Waals surface area contributed by atoms with Gasteiger partial charge in [0.2, 0.25) is 0 Å². The van der Waals surface area contributed by atoms with Crippen LogP contribution in [0.25, 0.3) is 0 Å². The number of ether oxygens (including phenoxy) is 1. The SMILES string of the molecule is CCCCOC(=O)c1cc(C)c(Br)c(S(=O)(=O)Cl)c1. The van der Waals surface area contributed by atoms with Crippen LogP contribution in [0.2, 0.25) is 0 Å². The number of aryl methyl sites for hydroxylation is 1. The summed E-state index contributed by atoms with van der Waals surface area (Å²) in [5.41, 5.74) is 0.778. The van der Waals surface area contributed by atoms with Crippen LogP contribution in [0.3, 0.4) is 0 Å². The minimum absolute atomic E-state index is 0.128. The maximum absolute atomic E-state index is 11.8. The average molecular weight is 370 g/mol. The van der Waals surface area contributed by atoms with Gasteiger partial charge in [-0.25, -0.2) is 13.2 Å². The predicted octanol–water partition coefficient (Wildman–Crippen LogP) is 3.64. The summed E-state index contributed by atoms with van der Waals surface area (Å²) in [6.07, 6.45) is 1.68. The minimum atomic E-state index is -3.92. The number of carbonyl (C=O) groups excluding carboxylic acids is 1. The highest BCUT2D eigenvalue weighted by molar-refractivity contribution is 9.10. The van der Waals surface area contributed by atoms with E-state index < -0.39 is 15.0 Å². The van der Waals surface area contributed by atoms with Crippen LogP contribution in [-0.2, 0) is 13.8 Å². The van der Waals surface area contributed by atoms with Crippen LogP contribution in [0.4, 0.5) is 0 Å². The van der Waals surface area contributed by atoms with Gasteiger partial charge >= 0.3 is 5.97 Å². The van der Waals surface area contributed by atoms with E-state index in [2.05, 4.69) is 15.9 Å². The molecule has 0 aliphatic rings. The zero-order chi connectivity index (χ0) is 14.6. The Morgan fingerprint density at radius 2 is 2.05 bits per heavy atom. The molecular formula is C12H14BrClO4S. The first-order valence-electron chi connectivity index (χ1n) is 5.69. The number of hydrogen-bond donors (Lipinski definition) is 0. The molecule has 0 spiro atoms. The summed E-state index contributed by atoms with van der Waals surface area (Å²) < 4.78 is 28.2. The highest BCUT2D eigenvalue weighted by Crippen LogP contribution is 2.29. The van der Waals surface area contributed by atoms with E-state index in [1.54, 1.807) is 13.0 Å². The van der Waals surface area contributed by atoms with Crippen molar-refractivity contribution in [1.82, 2.24) is 0 Å². The second kappa shape index (κ2) is 6.72.